The van der Waals surface area contributed by atoms with Crippen LogP contribution in [0.25, 0.3) is 22.4 Å². The van der Waals surface area contributed by atoms with Crippen molar-refractivity contribution in [1.82, 2.24) is 19.8 Å². The van der Waals surface area contributed by atoms with Crippen LogP contribution in [0.5, 0.6) is 0 Å². The van der Waals surface area contributed by atoms with E-state index in [4.69, 9.17) is 0 Å². The molecule has 1 amide bonds. The summed E-state index contributed by atoms with van der Waals surface area (Å²) in [5.41, 5.74) is 3.55. The van der Waals surface area contributed by atoms with E-state index in [-0.39, 0.29) is 5.91 Å². The Kier molecular flexibility index (Phi) is 4.24. The van der Waals surface area contributed by atoms with Crippen LogP contribution in [0.3, 0.4) is 0 Å². The second-order valence-electron chi connectivity index (χ2n) is 6.41. The van der Waals surface area contributed by atoms with E-state index in [1.165, 1.54) is 0 Å². The van der Waals surface area contributed by atoms with Crippen molar-refractivity contribution in [3.05, 3.63) is 54.1 Å². The summed E-state index contributed by atoms with van der Waals surface area (Å²) in [6.07, 6.45) is 0. The van der Waals surface area contributed by atoms with E-state index in [1.54, 1.807) is 0 Å². The Morgan fingerprint density at radius 2 is 1.84 bits per heavy atom. The van der Waals surface area contributed by atoms with Gasteiger partial charge in [-0.2, -0.15) is 0 Å². The molecule has 25 heavy (non-hydrogen) atoms. The average Bonchev–Trinajstić information content (AvgIpc) is 3.11. The fourth-order valence-corrected chi connectivity index (χ4v) is 3.33. The molecule has 0 radical (unpaired) electrons. The quantitative estimate of drug-likeness (QED) is 0.801. The van der Waals surface area contributed by atoms with Gasteiger partial charge in [-0.1, -0.05) is 37.3 Å². The minimum Gasteiger partial charge on any atom is -0.338 e. The van der Waals surface area contributed by atoms with Gasteiger partial charge in [0, 0.05) is 37.3 Å². The monoisotopic (exact) mass is 334 g/mol. The fourth-order valence-electron chi connectivity index (χ4n) is 3.33. The first-order chi connectivity index (χ1) is 12.2. The standard InChI is InChI=1S/C20H22N4O/c1-2-23-10-12-24(13-11-23)20(25)16-8-9-17-18(14-16)22-19(21-17)15-6-4-3-5-7-15/h3-9,14H,2,10-13H2,1H3,(H,21,22). The Labute approximate surface area is 147 Å². The van der Waals surface area contributed by atoms with Gasteiger partial charge >= 0.3 is 0 Å². The highest BCUT2D eigenvalue weighted by molar-refractivity contribution is 5.97. The Hall–Kier alpha value is -2.66. The molecule has 1 aromatic heterocycles. The second-order valence-corrected chi connectivity index (χ2v) is 6.41. The van der Waals surface area contributed by atoms with Crippen molar-refractivity contribution in [2.75, 3.05) is 32.7 Å². The van der Waals surface area contributed by atoms with E-state index in [0.29, 0.717) is 0 Å². The summed E-state index contributed by atoms with van der Waals surface area (Å²) in [5.74, 6) is 0.935. The van der Waals surface area contributed by atoms with E-state index in [2.05, 4.69) is 21.8 Å². The predicted octanol–water partition coefficient (Wildman–Crippen LogP) is 3.01. The maximum absolute atomic E-state index is 12.8. The Bertz CT molecular complexity index is 879. The molecule has 2 heterocycles. The van der Waals surface area contributed by atoms with Gasteiger partial charge in [-0.3, -0.25) is 4.79 Å². The molecule has 2 aromatic carbocycles. The molecule has 1 aliphatic heterocycles. The summed E-state index contributed by atoms with van der Waals surface area (Å²) >= 11 is 0. The van der Waals surface area contributed by atoms with Crippen LogP contribution in [0.4, 0.5) is 0 Å². The number of hydrogen-bond donors (Lipinski definition) is 1. The smallest absolute Gasteiger partial charge is 0.254 e. The molecular weight excluding hydrogens is 312 g/mol. The largest absolute Gasteiger partial charge is 0.338 e. The molecule has 1 fully saturated rings. The number of nitrogens with one attached hydrogen (secondary N) is 1. The molecule has 128 valence electrons. The molecule has 0 atom stereocenters. The summed E-state index contributed by atoms with van der Waals surface area (Å²) in [5, 5.41) is 0. The van der Waals surface area contributed by atoms with Crippen LogP contribution in [0.2, 0.25) is 0 Å². The highest BCUT2D eigenvalue weighted by atomic mass is 16.2. The van der Waals surface area contributed by atoms with Crippen molar-refractivity contribution in [2.45, 2.75) is 6.92 Å². The molecule has 0 saturated carbocycles. The van der Waals surface area contributed by atoms with Crippen molar-refractivity contribution in [3.63, 3.8) is 0 Å². The normalized spacial score (nSPS) is 15.6. The number of imidazole rings is 1. The Morgan fingerprint density at radius 1 is 1.08 bits per heavy atom. The van der Waals surface area contributed by atoms with Gasteiger partial charge in [0.25, 0.3) is 5.91 Å². The minimum absolute atomic E-state index is 0.105. The summed E-state index contributed by atoms with van der Waals surface area (Å²) in [7, 11) is 0. The van der Waals surface area contributed by atoms with Gasteiger partial charge in [-0.25, -0.2) is 4.98 Å². The Balaban J connectivity index is 1.58. The number of nitrogens with zero attached hydrogens (tertiary/aromatic N) is 3. The third-order valence-electron chi connectivity index (χ3n) is 4.88. The molecule has 4 rings (SSSR count). The van der Waals surface area contributed by atoms with Gasteiger partial charge in [0.05, 0.1) is 11.0 Å². The number of amides is 1. The molecule has 0 aliphatic carbocycles. The molecule has 0 spiro atoms. The third-order valence-corrected chi connectivity index (χ3v) is 4.88. The molecule has 3 aromatic rings. The summed E-state index contributed by atoms with van der Waals surface area (Å²) in [6.45, 7) is 6.70. The number of likely N-dealkylation sites (N-methyl/N-ethyl adjacent to an activating group) is 1. The highest BCUT2D eigenvalue weighted by Gasteiger charge is 2.21. The number of piperazine rings is 1. The fraction of sp³-hybridized carbons (Fsp3) is 0.300. The van der Waals surface area contributed by atoms with Gasteiger partial charge in [-0.05, 0) is 24.7 Å². The van der Waals surface area contributed by atoms with Crippen molar-refractivity contribution < 1.29 is 4.79 Å². The van der Waals surface area contributed by atoms with Crippen LogP contribution < -0.4 is 0 Å². The van der Waals surface area contributed by atoms with E-state index < -0.39 is 0 Å². The van der Waals surface area contributed by atoms with Crippen LogP contribution in [0.1, 0.15) is 17.3 Å². The number of carbonyl (C=O) groups excluding carboxylic acids is 1. The first-order valence-corrected chi connectivity index (χ1v) is 8.81. The number of carbonyl (C=O) groups is 1. The highest BCUT2D eigenvalue weighted by Crippen LogP contribution is 2.21. The number of benzene rings is 2. The minimum atomic E-state index is 0.105. The number of hydrogen-bond acceptors (Lipinski definition) is 3. The lowest BCUT2D eigenvalue weighted by Crippen LogP contribution is -2.48. The van der Waals surface area contributed by atoms with Crippen LogP contribution >= 0.6 is 0 Å². The first-order valence-electron chi connectivity index (χ1n) is 8.81. The number of rotatable bonds is 3. The third kappa shape index (κ3) is 3.15. The first kappa shape index (κ1) is 15.8. The van der Waals surface area contributed by atoms with Crippen molar-refractivity contribution >= 4 is 16.9 Å². The van der Waals surface area contributed by atoms with Gasteiger partial charge < -0.3 is 14.8 Å². The summed E-state index contributed by atoms with van der Waals surface area (Å²) in [4.78, 5) is 25.1. The second kappa shape index (κ2) is 6.69. The molecule has 1 aliphatic rings. The number of aromatic nitrogens is 2. The number of fused-ring (bicyclic) bond motifs is 1. The maximum Gasteiger partial charge on any atom is 0.254 e. The van der Waals surface area contributed by atoms with Gasteiger partial charge in [0.15, 0.2) is 0 Å². The lowest BCUT2D eigenvalue weighted by molar-refractivity contribution is 0.0643. The van der Waals surface area contributed by atoms with Crippen molar-refractivity contribution in [1.29, 1.82) is 0 Å². The average molecular weight is 334 g/mol. The van der Waals surface area contributed by atoms with E-state index >= 15 is 0 Å². The van der Waals surface area contributed by atoms with E-state index in [0.717, 1.165) is 60.7 Å². The lowest BCUT2D eigenvalue weighted by atomic mass is 10.1. The molecule has 0 unspecified atom stereocenters. The molecular formula is C20H22N4O. The molecule has 5 heteroatoms. The van der Waals surface area contributed by atoms with Gasteiger partial charge in [-0.15, -0.1) is 0 Å². The SMILES string of the molecule is CCN1CCN(C(=O)c2ccc3nc(-c4ccccc4)[nH]c3c2)CC1. The molecule has 1 saturated heterocycles. The molecule has 0 bridgehead atoms. The predicted molar refractivity (Wildman–Crippen MR) is 99.5 cm³/mol. The van der Waals surface area contributed by atoms with Crippen LogP contribution in [-0.4, -0.2) is 58.4 Å². The van der Waals surface area contributed by atoms with Gasteiger partial charge in [0.1, 0.15) is 5.82 Å². The maximum atomic E-state index is 12.8. The zero-order valence-corrected chi connectivity index (χ0v) is 14.4. The number of H-pyrrole nitrogens is 1. The zero-order chi connectivity index (χ0) is 17.2. The Morgan fingerprint density at radius 3 is 2.56 bits per heavy atom. The van der Waals surface area contributed by atoms with Crippen LogP contribution in [-0.2, 0) is 0 Å². The topological polar surface area (TPSA) is 52.2 Å². The van der Waals surface area contributed by atoms with Crippen LogP contribution in [0, 0.1) is 0 Å². The van der Waals surface area contributed by atoms with Gasteiger partial charge in [0.2, 0.25) is 0 Å². The zero-order valence-electron chi connectivity index (χ0n) is 14.4. The summed E-state index contributed by atoms with van der Waals surface area (Å²) in [6, 6.07) is 15.7. The number of aromatic amines is 1. The van der Waals surface area contributed by atoms with E-state index in [9.17, 15) is 4.79 Å². The van der Waals surface area contributed by atoms with Crippen molar-refractivity contribution in [3.8, 4) is 11.4 Å². The molecule has 1 N–H and O–H groups in total. The van der Waals surface area contributed by atoms with Crippen LogP contribution in [0.15, 0.2) is 48.5 Å². The van der Waals surface area contributed by atoms with E-state index in [1.807, 2.05) is 53.4 Å². The lowest BCUT2D eigenvalue weighted by Gasteiger charge is -2.34. The van der Waals surface area contributed by atoms with Crippen molar-refractivity contribution in [2.24, 2.45) is 0 Å². The summed E-state index contributed by atoms with van der Waals surface area (Å²) < 4.78 is 0. The molecule has 5 nitrogen and oxygen atoms in total.